The molecule has 0 saturated carbocycles. The van der Waals surface area contributed by atoms with E-state index < -0.39 is 23.6 Å². The Bertz CT molecular complexity index is 1020. The van der Waals surface area contributed by atoms with E-state index in [1.165, 1.54) is 30.3 Å². The van der Waals surface area contributed by atoms with Crippen LogP contribution in [0.5, 0.6) is 0 Å². The molecule has 0 aromatic heterocycles. The van der Waals surface area contributed by atoms with Gasteiger partial charge in [-0.2, -0.15) is 0 Å². The lowest BCUT2D eigenvalue weighted by molar-refractivity contribution is -0.120. The fraction of sp³-hybridized carbons (Fsp3) is 0.167. The first-order chi connectivity index (χ1) is 13.9. The number of halogens is 2. The maximum Gasteiger partial charge on any atom is 0.254 e. The van der Waals surface area contributed by atoms with E-state index >= 15 is 0 Å². The minimum atomic E-state index is -0.868. The molecular weight excluding hydrogens is 372 g/mol. The summed E-state index contributed by atoms with van der Waals surface area (Å²) in [7, 11) is 0. The quantitative estimate of drug-likeness (QED) is 0.646. The Morgan fingerprint density at radius 1 is 0.931 bits per heavy atom. The highest BCUT2D eigenvalue weighted by molar-refractivity contribution is 5.98. The SMILES string of the molecule is Cc1ccc(F)cc1CC(=O)C(Cc1ccccc1)NC(=O)c1ccccc1F. The van der Waals surface area contributed by atoms with Gasteiger partial charge in [-0.05, 0) is 54.3 Å². The van der Waals surface area contributed by atoms with Crippen molar-refractivity contribution in [1.82, 2.24) is 5.32 Å². The van der Waals surface area contributed by atoms with Crippen molar-refractivity contribution in [2.75, 3.05) is 0 Å². The maximum atomic E-state index is 14.0. The second kappa shape index (κ2) is 9.24. The minimum Gasteiger partial charge on any atom is -0.342 e. The summed E-state index contributed by atoms with van der Waals surface area (Å²) in [5, 5.41) is 2.65. The summed E-state index contributed by atoms with van der Waals surface area (Å²) in [5.74, 6) is -2.01. The van der Waals surface area contributed by atoms with E-state index in [1.54, 1.807) is 19.1 Å². The molecule has 3 rings (SSSR count). The molecule has 29 heavy (non-hydrogen) atoms. The summed E-state index contributed by atoms with van der Waals surface area (Å²) in [6, 6.07) is 18.3. The summed E-state index contributed by atoms with van der Waals surface area (Å²) in [4.78, 5) is 25.6. The van der Waals surface area contributed by atoms with E-state index in [1.807, 2.05) is 30.3 Å². The molecular formula is C24H21F2NO2. The zero-order valence-electron chi connectivity index (χ0n) is 16.0. The molecule has 1 amide bonds. The van der Waals surface area contributed by atoms with Crippen LogP contribution in [-0.2, 0) is 17.6 Å². The third kappa shape index (κ3) is 5.35. The summed E-state index contributed by atoms with van der Waals surface area (Å²) < 4.78 is 27.6. The first kappa shape index (κ1) is 20.4. The maximum absolute atomic E-state index is 14.0. The number of benzene rings is 3. The van der Waals surface area contributed by atoms with E-state index in [9.17, 15) is 18.4 Å². The van der Waals surface area contributed by atoms with Gasteiger partial charge in [-0.1, -0.05) is 48.5 Å². The molecule has 0 aliphatic carbocycles. The van der Waals surface area contributed by atoms with Crippen LogP contribution in [0.2, 0.25) is 0 Å². The van der Waals surface area contributed by atoms with Gasteiger partial charge < -0.3 is 5.32 Å². The zero-order chi connectivity index (χ0) is 20.8. The lowest BCUT2D eigenvalue weighted by Crippen LogP contribution is -2.43. The Kier molecular flexibility index (Phi) is 6.50. The molecule has 0 heterocycles. The van der Waals surface area contributed by atoms with Gasteiger partial charge in [-0.15, -0.1) is 0 Å². The molecule has 5 heteroatoms. The molecule has 0 aliphatic rings. The van der Waals surface area contributed by atoms with Gasteiger partial charge >= 0.3 is 0 Å². The predicted molar refractivity (Wildman–Crippen MR) is 108 cm³/mol. The Morgan fingerprint density at radius 2 is 1.62 bits per heavy atom. The van der Waals surface area contributed by atoms with Crippen molar-refractivity contribution in [3.63, 3.8) is 0 Å². The van der Waals surface area contributed by atoms with Crippen molar-refractivity contribution >= 4 is 11.7 Å². The number of carbonyl (C=O) groups excluding carboxylic acids is 2. The number of amides is 1. The summed E-state index contributed by atoms with van der Waals surface area (Å²) in [6.45, 7) is 1.80. The van der Waals surface area contributed by atoms with Crippen LogP contribution in [0.15, 0.2) is 72.8 Å². The number of carbonyl (C=O) groups is 2. The van der Waals surface area contributed by atoms with Gasteiger partial charge in [-0.3, -0.25) is 9.59 Å². The van der Waals surface area contributed by atoms with Gasteiger partial charge in [-0.25, -0.2) is 8.78 Å². The van der Waals surface area contributed by atoms with Crippen molar-refractivity contribution in [2.24, 2.45) is 0 Å². The second-order valence-electron chi connectivity index (χ2n) is 6.91. The number of hydrogen-bond acceptors (Lipinski definition) is 2. The van der Waals surface area contributed by atoms with Gasteiger partial charge in [0.1, 0.15) is 11.6 Å². The van der Waals surface area contributed by atoms with Crippen LogP contribution in [0, 0.1) is 18.6 Å². The molecule has 1 unspecified atom stereocenters. The minimum absolute atomic E-state index is 0.0291. The number of aryl methyl sites for hydroxylation is 1. The zero-order valence-corrected chi connectivity index (χ0v) is 16.0. The van der Waals surface area contributed by atoms with E-state index in [0.29, 0.717) is 5.56 Å². The number of rotatable bonds is 7. The van der Waals surface area contributed by atoms with Gasteiger partial charge in [0.05, 0.1) is 11.6 Å². The van der Waals surface area contributed by atoms with E-state index in [4.69, 9.17) is 0 Å². The van der Waals surface area contributed by atoms with Crippen molar-refractivity contribution in [3.8, 4) is 0 Å². The van der Waals surface area contributed by atoms with Crippen LogP contribution >= 0.6 is 0 Å². The fourth-order valence-electron chi connectivity index (χ4n) is 3.12. The molecule has 0 aliphatic heterocycles. The van der Waals surface area contributed by atoms with Crippen molar-refractivity contribution in [2.45, 2.75) is 25.8 Å². The lowest BCUT2D eigenvalue weighted by Gasteiger charge is -2.19. The van der Waals surface area contributed by atoms with Crippen molar-refractivity contribution in [1.29, 1.82) is 0 Å². The Morgan fingerprint density at radius 3 is 2.34 bits per heavy atom. The van der Waals surface area contributed by atoms with E-state index in [2.05, 4.69) is 5.32 Å². The van der Waals surface area contributed by atoms with Crippen molar-refractivity contribution < 1.29 is 18.4 Å². The molecule has 0 bridgehead atoms. The smallest absolute Gasteiger partial charge is 0.254 e. The van der Waals surface area contributed by atoms with Gasteiger partial charge in [0.25, 0.3) is 5.91 Å². The normalized spacial score (nSPS) is 11.7. The van der Waals surface area contributed by atoms with E-state index in [0.717, 1.165) is 11.1 Å². The Hall–Kier alpha value is -3.34. The summed E-state index contributed by atoms with van der Waals surface area (Å²) in [6.07, 6.45) is 0.229. The highest BCUT2D eigenvalue weighted by atomic mass is 19.1. The van der Waals surface area contributed by atoms with Crippen LogP contribution in [0.1, 0.15) is 27.0 Å². The van der Waals surface area contributed by atoms with Gasteiger partial charge in [0.2, 0.25) is 0 Å². The average Bonchev–Trinajstić information content (AvgIpc) is 2.71. The highest BCUT2D eigenvalue weighted by Gasteiger charge is 2.24. The number of Topliss-reactive ketones (excluding diaryl/α,β-unsaturated/α-hetero) is 1. The van der Waals surface area contributed by atoms with Crippen LogP contribution in [-0.4, -0.2) is 17.7 Å². The van der Waals surface area contributed by atoms with Crippen molar-refractivity contribution in [3.05, 3.63) is 107 Å². The predicted octanol–water partition coefficient (Wildman–Crippen LogP) is 4.43. The number of nitrogens with one attached hydrogen (secondary N) is 1. The summed E-state index contributed by atoms with van der Waals surface area (Å²) in [5.41, 5.74) is 2.09. The first-order valence-electron chi connectivity index (χ1n) is 9.31. The molecule has 3 aromatic carbocycles. The molecule has 1 N–H and O–H groups in total. The van der Waals surface area contributed by atoms with Gasteiger partial charge in [0, 0.05) is 6.42 Å². The largest absolute Gasteiger partial charge is 0.342 e. The van der Waals surface area contributed by atoms with Gasteiger partial charge in [0.15, 0.2) is 5.78 Å². The third-order valence-electron chi connectivity index (χ3n) is 4.77. The standard InChI is InChI=1S/C24H21F2NO2/c1-16-11-12-19(25)14-18(16)15-23(28)22(13-17-7-3-2-4-8-17)27-24(29)20-9-5-6-10-21(20)26/h2-12,14,22H,13,15H2,1H3,(H,27,29). The topological polar surface area (TPSA) is 46.2 Å². The molecule has 0 spiro atoms. The fourth-order valence-corrected chi connectivity index (χ4v) is 3.12. The summed E-state index contributed by atoms with van der Waals surface area (Å²) >= 11 is 0. The first-order valence-corrected chi connectivity index (χ1v) is 9.31. The Labute approximate surface area is 168 Å². The lowest BCUT2D eigenvalue weighted by atomic mass is 9.95. The van der Waals surface area contributed by atoms with Crippen LogP contribution in [0.3, 0.4) is 0 Å². The highest BCUT2D eigenvalue weighted by Crippen LogP contribution is 2.14. The van der Waals surface area contributed by atoms with E-state index in [-0.39, 0.29) is 24.2 Å². The Balaban J connectivity index is 1.84. The monoisotopic (exact) mass is 393 g/mol. The third-order valence-corrected chi connectivity index (χ3v) is 4.77. The average molecular weight is 393 g/mol. The molecule has 0 fully saturated rings. The molecule has 0 saturated heterocycles. The van der Waals surface area contributed by atoms with Crippen LogP contribution in [0.25, 0.3) is 0 Å². The van der Waals surface area contributed by atoms with Crippen LogP contribution < -0.4 is 5.32 Å². The molecule has 1 atom stereocenters. The number of ketones is 1. The molecule has 3 aromatic rings. The second-order valence-corrected chi connectivity index (χ2v) is 6.91. The number of hydrogen-bond donors (Lipinski definition) is 1. The molecule has 3 nitrogen and oxygen atoms in total. The molecule has 0 radical (unpaired) electrons. The molecule has 148 valence electrons. The van der Waals surface area contributed by atoms with Crippen LogP contribution in [0.4, 0.5) is 8.78 Å².